The van der Waals surface area contributed by atoms with E-state index in [2.05, 4.69) is 12.2 Å². The SMILES string of the molecule is CCC1CCN(S(=O)(=O)c2cc(CNC)oc2C)C1. The molecule has 1 aliphatic rings. The molecule has 1 atom stereocenters. The van der Waals surface area contributed by atoms with Crippen LogP contribution in [0.2, 0.25) is 0 Å². The molecule has 19 heavy (non-hydrogen) atoms. The predicted molar refractivity (Wildman–Crippen MR) is 73.4 cm³/mol. The lowest BCUT2D eigenvalue weighted by molar-refractivity contribution is 0.445. The fourth-order valence-corrected chi connectivity index (χ4v) is 4.25. The van der Waals surface area contributed by atoms with Crippen LogP contribution in [0.15, 0.2) is 15.4 Å². The van der Waals surface area contributed by atoms with Crippen LogP contribution in [-0.4, -0.2) is 32.9 Å². The van der Waals surface area contributed by atoms with Gasteiger partial charge in [-0.25, -0.2) is 8.42 Å². The number of rotatable bonds is 5. The average molecular weight is 286 g/mol. The van der Waals surface area contributed by atoms with Crippen molar-refractivity contribution in [2.75, 3.05) is 20.1 Å². The van der Waals surface area contributed by atoms with Gasteiger partial charge in [0.05, 0.1) is 6.54 Å². The van der Waals surface area contributed by atoms with Crippen molar-refractivity contribution in [1.82, 2.24) is 9.62 Å². The fraction of sp³-hybridized carbons (Fsp3) is 0.692. The van der Waals surface area contributed by atoms with Crippen LogP contribution in [0.1, 0.15) is 31.3 Å². The van der Waals surface area contributed by atoms with E-state index in [1.807, 2.05) is 0 Å². The number of furan rings is 1. The van der Waals surface area contributed by atoms with E-state index in [0.29, 0.717) is 42.0 Å². The highest BCUT2D eigenvalue weighted by Gasteiger charge is 2.34. The number of nitrogens with zero attached hydrogens (tertiary/aromatic N) is 1. The molecule has 0 saturated carbocycles. The summed E-state index contributed by atoms with van der Waals surface area (Å²) >= 11 is 0. The van der Waals surface area contributed by atoms with E-state index in [4.69, 9.17) is 4.42 Å². The predicted octanol–water partition coefficient (Wildman–Crippen LogP) is 1.73. The molecule has 1 fully saturated rings. The minimum absolute atomic E-state index is 0.314. The van der Waals surface area contributed by atoms with Crippen LogP contribution in [0, 0.1) is 12.8 Å². The minimum atomic E-state index is -3.40. The van der Waals surface area contributed by atoms with E-state index in [0.717, 1.165) is 12.8 Å². The van der Waals surface area contributed by atoms with Gasteiger partial charge in [0.1, 0.15) is 16.4 Å². The van der Waals surface area contributed by atoms with Crippen molar-refractivity contribution < 1.29 is 12.8 Å². The summed E-state index contributed by atoms with van der Waals surface area (Å²) in [7, 11) is -1.59. The second-order valence-corrected chi connectivity index (χ2v) is 7.00. The average Bonchev–Trinajstić information content (AvgIpc) is 2.96. The maximum Gasteiger partial charge on any atom is 0.246 e. The molecule has 1 aliphatic heterocycles. The summed E-state index contributed by atoms with van der Waals surface area (Å²) in [4.78, 5) is 0.314. The fourth-order valence-electron chi connectivity index (χ4n) is 2.53. The van der Waals surface area contributed by atoms with Gasteiger partial charge in [-0.1, -0.05) is 13.3 Å². The Morgan fingerprint density at radius 3 is 2.84 bits per heavy atom. The van der Waals surface area contributed by atoms with Crippen molar-refractivity contribution in [1.29, 1.82) is 0 Å². The summed E-state index contributed by atoms with van der Waals surface area (Å²) in [5.41, 5.74) is 0. The first kappa shape index (κ1) is 14.6. The first-order valence-corrected chi connectivity index (χ1v) is 8.17. The van der Waals surface area contributed by atoms with Crippen molar-refractivity contribution in [3.05, 3.63) is 17.6 Å². The van der Waals surface area contributed by atoms with Gasteiger partial charge in [-0.3, -0.25) is 0 Å². The first-order chi connectivity index (χ1) is 8.98. The quantitative estimate of drug-likeness (QED) is 0.895. The molecule has 0 radical (unpaired) electrons. The lowest BCUT2D eigenvalue weighted by Gasteiger charge is -2.15. The van der Waals surface area contributed by atoms with Gasteiger partial charge in [-0.15, -0.1) is 0 Å². The molecule has 1 saturated heterocycles. The zero-order chi connectivity index (χ0) is 14.0. The molecule has 1 aromatic rings. The number of hydrogen-bond donors (Lipinski definition) is 1. The van der Waals surface area contributed by atoms with E-state index in [1.165, 1.54) is 0 Å². The molecule has 6 heteroatoms. The van der Waals surface area contributed by atoms with Gasteiger partial charge in [0.2, 0.25) is 10.0 Å². The Morgan fingerprint density at radius 2 is 2.26 bits per heavy atom. The summed E-state index contributed by atoms with van der Waals surface area (Å²) < 4.78 is 32.2. The van der Waals surface area contributed by atoms with Gasteiger partial charge in [0.15, 0.2) is 0 Å². The second-order valence-electron chi connectivity index (χ2n) is 5.09. The summed E-state index contributed by atoms with van der Waals surface area (Å²) in [6.07, 6.45) is 1.98. The van der Waals surface area contributed by atoms with Gasteiger partial charge in [-0.05, 0) is 26.3 Å². The first-order valence-electron chi connectivity index (χ1n) is 6.73. The zero-order valence-corrected chi connectivity index (χ0v) is 12.6. The largest absolute Gasteiger partial charge is 0.464 e. The van der Waals surface area contributed by atoms with Crippen LogP contribution in [0.5, 0.6) is 0 Å². The molecular formula is C13H22N2O3S. The van der Waals surface area contributed by atoms with E-state index >= 15 is 0 Å². The topological polar surface area (TPSA) is 62.6 Å². The third-order valence-corrected chi connectivity index (χ3v) is 5.69. The Labute approximate surface area is 115 Å². The van der Waals surface area contributed by atoms with Gasteiger partial charge in [0.25, 0.3) is 0 Å². The molecule has 0 aromatic carbocycles. The molecule has 1 aromatic heterocycles. The van der Waals surface area contributed by atoms with Gasteiger partial charge in [-0.2, -0.15) is 4.31 Å². The van der Waals surface area contributed by atoms with Crippen LogP contribution < -0.4 is 5.32 Å². The van der Waals surface area contributed by atoms with Crippen molar-refractivity contribution in [2.24, 2.45) is 5.92 Å². The maximum absolute atomic E-state index is 12.6. The molecule has 1 N–H and O–H groups in total. The molecule has 2 heterocycles. The monoisotopic (exact) mass is 286 g/mol. The Kier molecular flexibility index (Phi) is 4.32. The van der Waals surface area contributed by atoms with Crippen LogP contribution in [0.3, 0.4) is 0 Å². The van der Waals surface area contributed by atoms with Crippen LogP contribution in [-0.2, 0) is 16.6 Å². The highest BCUT2D eigenvalue weighted by atomic mass is 32.2. The van der Waals surface area contributed by atoms with Crippen molar-refractivity contribution in [2.45, 2.75) is 38.1 Å². The molecule has 1 unspecified atom stereocenters. The van der Waals surface area contributed by atoms with E-state index in [1.54, 1.807) is 24.3 Å². The molecule has 108 valence electrons. The number of hydrogen-bond acceptors (Lipinski definition) is 4. The van der Waals surface area contributed by atoms with Crippen molar-refractivity contribution in [3.63, 3.8) is 0 Å². The van der Waals surface area contributed by atoms with Gasteiger partial charge in [0, 0.05) is 19.2 Å². The van der Waals surface area contributed by atoms with Gasteiger partial charge < -0.3 is 9.73 Å². The Balaban J connectivity index is 2.24. The number of sulfonamides is 1. The van der Waals surface area contributed by atoms with Crippen LogP contribution in [0.25, 0.3) is 0 Å². The summed E-state index contributed by atoms with van der Waals surface area (Å²) in [5, 5.41) is 2.96. The molecular weight excluding hydrogens is 264 g/mol. The third kappa shape index (κ3) is 2.85. The normalized spacial score (nSPS) is 21.1. The molecule has 0 spiro atoms. The molecule has 0 bridgehead atoms. The summed E-state index contributed by atoms with van der Waals surface area (Å²) in [6, 6.07) is 1.64. The number of aryl methyl sites for hydroxylation is 1. The van der Waals surface area contributed by atoms with Gasteiger partial charge >= 0.3 is 0 Å². The maximum atomic E-state index is 12.6. The lowest BCUT2D eigenvalue weighted by Crippen LogP contribution is -2.29. The molecule has 5 nitrogen and oxygen atoms in total. The van der Waals surface area contributed by atoms with Crippen LogP contribution >= 0.6 is 0 Å². The third-order valence-electron chi connectivity index (χ3n) is 3.72. The molecule has 0 amide bonds. The Bertz CT molecular complexity index is 536. The standard InChI is InChI=1S/C13H22N2O3S/c1-4-11-5-6-15(9-11)19(16,17)13-7-12(8-14-3)18-10(13)2/h7,11,14H,4-6,8-9H2,1-3H3. The molecule has 0 aliphatic carbocycles. The zero-order valence-electron chi connectivity index (χ0n) is 11.8. The Morgan fingerprint density at radius 1 is 1.53 bits per heavy atom. The van der Waals surface area contributed by atoms with Crippen molar-refractivity contribution in [3.8, 4) is 0 Å². The van der Waals surface area contributed by atoms with E-state index < -0.39 is 10.0 Å². The summed E-state index contributed by atoms with van der Waals surface area (Å²) in [6.45, 7) is 5.60. The highest BCUT2D eigenvalue weighted by molar-refractivity contribution is 7.89. The van der Waals surface area contributed by atoms with E-state index in [9.17, 15) is 8.42 Å². The smallest absolute Gasteiger partial charge is 0.246 e. The van der Waals surface area contributed by atoms with Crippen LogP contribution in [0.4, 0.5) is 0 Å². The second kappa shape index (κ2) is 5.64. The Hall–Kier alpha value is -0.850. The summed E-state index contributed by atoms with van der Waals surface area (Å²) in [5.74, 6) is 1.62. The molecule has 2 rings (SSSR count). The van der Waals surface area contributed by atoms with Crippen molar-refractivity contribution >= 4 is 10.0 Å². The highest BCUT2D eigenvalue weighted by Crippen LogP contribution is 2.29. The van der Waals surface area contributed by atoms with E-state index in [-0.39, 0.29) is 0 Å². The lowest BCUT2D eigenvalue weighted by atomic mass is 10.1. The number of nitrogens with one attached hydrogen (secondary N) is 1. The minimum Gasteiger partial charge on any atom is -0.464 e.